The highest BCUT2D eigenvalue weighted by atomic mass is 32.2. The average Bonchev–Trinajstić information content (AvgIpc) is 2.73. The molecular formula is C21H19N3O5S2. The summed E-state index contributed by atoms with van der Waals surface area (Å²) in [5.74, 6) is -0.354. The van der Waals surface area contributed by atoms with Gasteiger partial charge in [-0.3, -0.25) is 9.52 Å². The van der Waals surface area contributed by atoms with Gasteiger partial charge in [0.2, 0.25) is 15.9 Å². The molecule has 3 aromatic carbocycles. The predicted octanol–water partition coefficient (Wildman–Crippen LogP) is 2.79. The molecule has 3 rings (SSSR count). The Morgan fingerprint density at radius 1 is 0.742 bits per heavy atom. The maximum absolute atomic E-state index is 12.5. The lowest BCUT2D eigenvalue weighted by atomic mass is 10.2. The van der Waals surface area contributed by atoms with E-state index in [-0.39, 0.29) is 21.4 Å². The number of carbonyl (C=O) groups is 1. The van der Waals surface area contributed by atoms with Crippen molar-refractivity contribution in [2.75, 3.05) is 10.0 Å². The number of anilines is 2. The third-order valence-electron chi connectivity index (χ3n) is 4.09. The Morgan fingerprint density at radius 3 is 1.87 bits per heavy atom. The molecule has 0 saturated carbocycles. The number of hydrogen-bond acceptors (Lipinski definition) is 5. The number of amides is 1. The van der Waals surface area contributed by atoms with Gasteiger partial charge in [0.15, 0.2) is 0 Å². The van der Waals surface area contributed by atoms with Gasteiger partial charge in [-0.2, -0.15) is 0 Å². The normalized spacial score (nSPS) is 11.9. The second-order valence-corrected chi connectivity index (χ2v) is 9.68. The Balaban J connectivity index is 1.65. The zero-order valence-corrected chi connectivity index (χ0v) is 17.7. The topological polar surface area (TPSA) is 135 Å². The summed E-state index contributed by atoms with van der Waals surface area (Å²) in [7, 11) is -7.78. The molecule has 0 heterocycles. The zero-order valence-electron chi connectivity index (χ0n) is 16.1. The molecule has 8 nitrogen and oxygen atoms in total. The minimum Gasteiger partial charge on any atom is -0.323 e. The quantitative estimate of drug-likeness (QED) is 0.469. The first-order valence-electron chi connectivity index (χ1n) is 8.93. The molecule has 10 heteroatoms. The molecule has 0 bridgehead atoms. The van der Waals surface area contributed by atoms with Gasteiger partial charge in [0.25, 0.3) is 10.0 Å². The zero-order chi connectivity index (χ0) is 22.5. The van der Waals surface area contributed by atoms with Gasteiger partial charge in [-0.15, -0.1) is 0 Å². The molecule has 0 aliphatic rings. The maximum Gasteiger partial charge on any atom is 0.261 e. The van der Waals surface area contributed by atoms with Gasteiger partial charge < -0.3 is 5.32 Å². The molecule has 0 unspecified atom stereocenters. The molecule has 0 aromatic heterocycles. The molecule has 3 aromatic rings. The van der Waals surface area contributed by atoms with Crippen LogP contribution >= 0.6 is 0 Å². The van der Waals surface area contributed by atoms with E-state index in [0.717, 1.165) is 5.56 Å². The number of nitrogens with two attached hydrogens (primary N) is 1. The number of rotatable bonds is 7. The van der Waals surface area contributed by atoms with E-state index in [2.05, 4.69) is 10.0 Å². The van der Waals surface area contributed by atoms with E-state index < -0.39 is 20.0 Å². The molecule has 0 atom stereocenters. The first-order chi connectivity index (χ1) is 14.6. The molecule has 0 radical (unpaired) electrons. The van der Waals surface area contributed by atoms with Crippen molar-refractivity contribution >= 4 is 43.4 Å². The van der Waals surface area contributed by atoms with E-state index >= 15 is 0 Å². The minimum absolute atomic E-state index is 0.0270. The number of nitrogens with one attached hydrogen (secondary N) is 2. The van der Waals surface area contributed by atoms with Crippen molar-refractivity contribution in [3.8, 4) is 0 Å². The fourth-order valence-corrected chi connectivity index (χ4v) is 4.14. The fourth-order valence-electron chi connectivity index (χ4n) is 2.56. The van der Waals surface area contributed by atoms with Crippen LogP contribution in [0.15, 0.2) is 94.7 Å². The molecule has 0 spiro atoms. The number of hydrogen-bond donors (Lipinski definition) is 3. The second kappa shape index (κ2) is 9.13. The third kappa shape index (κ3) is 6.25. The number of primary sulfonamides is 1. The van der Waals surface area contributed by atoms with Crippen LogP contribution in [0, 0.1) is 0 Å². The van der Waals surface area contributed by atoms with Crippen molar-refractivity contribution in [2.45, 2.75) is 9.79 Å². The molecule has 4 N–H and O–H groups in total. The molecule has 0 aliphatic heterocycles. The standard InChI is InChI=1S/C21H19N3O5S2/c22-30(26,27)19-11-9-18(10-12-19)24-31(28,29)20-13-7-17(8-14-20)23-21(25)15-6-16-4-2-1-3-5-16/h1-15,24H,(H,23,25)(H2,22,26,27)/b15-6+. The number of benzene rings is 3. The van der Waals surface area contributed by atoms with Crippen LogP contribution in [0.5, 0.6) is 0 Å². The van der Waals surface area contributed by atoms with E-state index in [9.17, 15) is 21.6 Å². The highest BCUT2D eigenvalue weighted by molar-refractivity contribution is 7.92. The highest BCUT2D eigenvalue weighted by Crippen LogP contribution is 2.19. The summed E-state index contributed by atoms with van der Waals surface area (Å²) in [6, 6.07) is 19.9. The monoisotopic (exact) mass is 457 g/mol. The van der Waals surface area contributed by atoms with Crippen LogP contribution in [-0.4, -0.2) is 22.7 Å². The van der Waals surface area contributed by atoms with Gasteiger partial charge in [0.05, 0.1) is 9.79 Å². The van der Waals surface area contributed by atoms with Crippen LogP contribution in [0.25, 0.3) is 6.08 Å². The SMILES string of the molecule is NS(=O)(=O)c1ccc(NS(=O)(=O)c2ccc(NC(=O)/C=C/c3ccccc3)cc2)cc1. The van der Waals surface area contributed by atoms with Gasteiger partial charge in [-0.05, 0) is 60.2 Å². The largest absolute Gasteiger partial charge is 0.323 e. The van der Waals surface area contributed by atoms with Crippen LogP contribution in [0.1, 0.15) is 5.56 Å². The van der Waals surface area contributed by atoms with Crippen LogP contribution in [-0.2, 0) is 24.8 Å². The molecule has 0 saturated heterocycles. The molecule has 0 fully saturated rings. The Labute approximate surface area is 180 Å². The summed E-state index contributed by atoms with van der Waals surface area (Å²) in [6.07, 6.45) is 3.05. The lowest BCUT2D eigenvalue weighted by molar-refractivity contribution is -0.111. The maximum atomic E-state index is 12.5. The fraction of sp³-hybridized carbons (Fsp3) is 0. The smallest absolute Gasteiger partial charge is 0.261 e. The Kier molecular flexibility index (Phi) is 6.54. The number of sulfonamides is 2. The highest BCUT2D eigenvalue weighted by Gasteiger charge is 2.15. The van der Waals surface area contributed by atoms with E-state index in [4.69, 9.17) is 5.14 Å². The van der Waals surface area contributed by atoms with Crippen molar-refractivity contribution in [3.05, 3.63) is 90.5 Å². The summed E-state index contributed by atoms with van der Waals surface area (Å²) >= 11 is 0. The summed E-state index contributed by atoms with van der Waals surface area (Å²) in [5.41, 5.74) is 1.48. The summed E-state index contributed by atoms with van der Waals surface area (Å²) in [5, 5.41) is 7.67. The van der Waals surface area contributed by atoms with Crippen LogP contribution < -0.4 is 15.2 Å². The van der Waals surface area contributed by atoms with Gasteiger partial charge in [-0.25, -0.2) is 22.0 Å². The molecular weight excluding hydrogens is 438 g/mol. The minimum atomic E-state index is -3.91. The van der Waals surface area contributed by atoms with Crippen LogP contribution in [0.3, 0.4) is 0 Å². The van der Waals surface area contributed by atoms with Crippen LogP contribution in [0.2, 0.25) is 0 Å². The average molecular weight is 458 g/mol. The second-order valence-electron chi connectivity index (χ2n) is 6.43. The summed E-state index contributed by atoms with van der Waals surface area (Å²) in [4.78, 5) is 11.9. The van der Waals surface area contributed by atoms with Crippen molar-refractivity contribution < 1.29 is 21.6 Å². The first-order valence-corrected chi connectivity index (χ1v) is 12.0. The first kappa shape index (κ1) is 22.2. The van der Waals surface area contributed by atoms with Gasteiger partial charge in [0, 0.05) is 17.5 Å². The van der Waals surface area contributed by atoms with E-state index in [1.807, 2.05) is 30.3 Å². The lowest BCUT2D eigenvalue weighted by Gasteiger charge is -2.09. The Hall–Kier alpha value is -3.47. The summed E-state index contributed by atoms with van der Waals surface area (Å²) in [6.45, 7) is 0. The van der Waals surface area contributed by atoms with Crippen molar-refractivity contribution in [1.29, 1.82) is 0 Å². The molecule has 0 aliphatic carbocycles. The number of carbonyl (C=O) groups excluding carboxylic acids is 1. The van der Waals surface area contributed by atoms with Crippen molar-refractivity contribution in [2.24, 2.45) is 5.14 Å². The van der Waals surface area contributed by atoms with Gasteiger partial charge >= 0.3 is 0 Å². The molecule has 160 valence electrons. The van der Waals surface area contributed by atoms with Crippen molar-refractivity contribution in [3.63, 3.8) is 0 Å². The molecule has 31 heavy (non-hydrogen) atoms. The Morgan fingerprint density at radius 2 is 1.29 bits per heavy atom. The Bertz CT molecular complexity index is 1300. The predicted molar refractivity (Wildman–Crippen MR) is 119 cm³/mol. The summed E-state index contributed by atoms with van der Waals surface area (Å²) < 4.78 is 50.0. The van der Waals surface area contributed by atoms with Gasteiger partial charge in [-0.1, -0.05) is 30.3 Å². The van der Waals surface area contributed by atoms with E-state index in [1.165, 1.54) is 54.6 Å². The van der Waals surface area contributed by atoms with E-state index in [0.29, 0.717) is 5.69 Å². The molecule has 1 amide bonds. The van der Waals surface area contributed by atoms with Gasteiger partial charge in [0.1, 0.15) is 0 Å². The lowest BCUT2D eigenvalue weighted by Crippen LogP contribution is -2.14. The third-order valence-corrected chi connectivity index (χ3v) is 6.42. The van der Waals surface area contributed by atoms with Crippen molar-refractivity contribution in [1.82, 2.24) is 0 Å². The van der Waals surface area contributed by atoms with Crippen LogP contribution in [0.4, 0.5) is 11.4 Å². The van der Waals surface area contributed by atoms with E-state index in [1.54, 1.807) is 6.08 Å².